The molecule has 2 unspecified atom stereocenters. The average molecular weight is 218 g/mol. The largest absolute Gasteiger partial charge is 0.350 e. The predicted molar refractivity (Wildman–Crippen MR) is 68.8 cm³/mol. The number of rotatable bonds is 3. The molecule has 88 valence electrons. The van der Waals surface area contributed by atoms with E-state index in [9.17, 15) is 0 Å². The van der Waals surface area contributed by atoms with E-state index in [1.807, 2.05) is 12.3 Å². The molecule has 0 radical (unpaired) electrons. The minimum atomic E-state index is 0.693. The molecule has 2 rings (SSSR count). The van der Waals surface area contributed by atoms with Gasteiger partial charge in [0.05, 0.1) is 0 Å². The minimum absolute atomic E-state index is 0.693. The van der Waals surface area contributed by atoms with Crippen molar-refractivity contribution in [1.82, 2.24) is 4.98 Å². The Bertz CT molecular complexity index is 336. The molecule has 1 saturated heterocycles. The Kier molecular flexibility index (Phi) is 3.47. The van der Waals surface area contributed by atoms with Crippen LogP contribution in [0.2, 0.25) is 0 Å². The summed E-state index contributed by atoms with van der Waals surface area (Å²) in [5.74, 6) is 1.21. The van der Waals surface area contributed by atoms with E-state index in [1.165, 1.54) is 37.1 Å². The van der Waals surface area contributed by atoms with Crippen molar-refractivity contribution in [3.05, 3.63) is 23.9 Å². The fourth-order valence-electron chi connectivity index (χ4n) is 2.86. The third kappa shape index (κ3) is 1.93. The summed E-state index contributed by atoms with van der Waals surface area (Å²) < 4.78 is 0. The Labute approximate surface area is 98.7 Å². The lowest BCUT2D eigenvalue weighted by Crippen LogP contribution is -2.36. The van der Waals surface area contributed by atoms with Gasteiger partial charge in [-0.2, -0.15) is 0 Å². The molecule has 2 atom stereocenters. The second-order valence-corrected chi connectivity index (χ2v) is 4.75. The fourth-order valence-corrected chi connectivity index (χ4v) is 2.86. The second-order valence-electron chi connectivity index (χ2n) is 4.75. The standard InChI is InChI=1S/C14H22N2/c1-4-12-8-9-13(5-2)16(12)14-11(3)7-6-10-15-14/h6-7,10,12-13H,4-5,8-9H2,1-3H3. The number of aryl methyl sites for hydroxylation is 1. The SMILES string of the molecule is CCC1CCC(CC)N1c1ncccc1C. The van der Waals surface area contributed by atoms with Crippen LogP contribution in [0.5, 0.6) is 0 Å². The first-order chi connectivity index (χ1) is 7.77. The molecule has 16 heavy (non-hydrogen) atoms. The molecule has 0 amide bonds. The number of aromatic nitrogens is 1. The van der Waals surface area contributed by atoms with E-state index in [0.717, 1.165) is 0 Å². The smallest absolute Gasteiger partial charge is 0.131 e. The summed E-state index contributed by atoms with van der Waals surface area (Å²) in [4.78, 5) is 7.15. The van der Waals surface area contributed by atoms with Crippen LogP contribution >= 0.6 is 0 Å². The molecule has 1 aromatic rings. The summed E-state index contributed by atoms with van der Waals surface area (Å²) in [5, 5.41) is 0. The predicted octanol–water partition coefficient (Wildman–Crippen LogP) is 3.55. The molecule has 1 fully saturated rings. The highest BCUT2D eigenvalue weighted by atomic mass is 15.3. The van der Waals surface area contributed by atoms with E-state index < -0.39 is 0 Å². The Morgan fingerprint density at radius 2 is 1.88 bits per heavy atom. The lowest BCUT2D eigenvalue weighted by Gasteiger charge is -2.31. The van der Waals surface area contributed by atoms with Crippen LogP contribution in [0.25, 0.3) is 0 Å². The van der Waals surface area contributed by atoms with Crippen molar-refractivity contribution < 1.29 is 0 Å². The summed E-state index contributed by atoms with van der Waals surface area (Å²) >= 11 is 0. The van der Waals surface area contributed by atoms with E-state index in [1.54, 1.807) is 0 Å². The molecule has 0 aromatic carbocycles. The highest BCUT2D eigenvalue weighted by molar-refractivity contribution is 5.49. The van der Waals surface area contributed by atoms with E-state index in [0.29, 0.717) is 12.1 Å². The summed E-state index contributed by atoms with van der Waals surface area (Å²) in [6, 6.07) is 5.58. The van der Waals surface area contributed by atoms with Gasteiger partial charge in [-0.05, 0) is 44.2 Å². The Hall–Kier alpha value is -1.05. The quantitative estimate of drug-likeness (QED) is 0.771. The van der Waals surface area contributed by atoms with Crippen LogP contribution in [0.4, 0.5) is 5.82 Å². The highest BCUT2D eigenvalue weighted by Gasteiger charge is 2.32. The van der Waals surface area contributed by atoms with Gasteiger partial charge in [0, 0.05) is 18.3 Å². The molecule has 0 aliphatic carbocycles. The number of nitrogens with zero attached hydrogens (tertiary/aromatic N) is 2. The first-order valence-electron chi connectivity index (χ1n) is 6.47. The van der Waals surface area contributed by atoms with Crippen LogP contribution in [0, 0.1) is 6.92 Å². The Balaban J connectivity index is 2.32. The molecule has 0 bridgehead atoms. The molecule has 2 nitrogen and oxygen atoms in total. The van der Waals surface area contributed by atoms with Crippen LogP contribution in [0.3, 0.4) is 0 Å². The van der Waals surface area contributed by atoms with Crippen molar-refractivity contribution in [2.45, 2.75) is 58.5 Å². The maximum Gasteiger partial charge on any atom is 0.131 e. The average Bonchev–Trinajstić information content (AvgIpc) is 2.72. The van der Waals surface area contributed by atoms with Crippen molar-refractivity contribution in [3.8, 4) is 0 Å². The molecule has 0 saturated carbocycles. The van der Waals surface area contributed by atoms with E-state index in [4.69, 9.17) is 0 Å². The third-order valence-electron chi connectivity index (χ3n) is 3.79. The molecular weight excluding hydrogens is 196 g/mol. The summed E-state index contributed by atoms with van der Waals surface area (Å²) in [6.07, 6.45) is 7.02. The Morgan fingerprint density at radius 1 is 1.25 bits per heavy atom. The molecule has 1 aromatic heterocycles. The molecule has 1 aliphatic rings. The zero-order valence-electron chi connectivity index (χ0n) is 10.6. The van der Waals surface area contributed by atoms with Crippen LogP contribution in [0.1, 0.15) is 45.1 Å². The summed E-state index contributed by atoms with van der Waals surface area (Å²) in [6.45, 7) is 6.74. The molecule has 2 heterocycles. The van der Waals surface area contributed by atoms with Crippen molar-refractivity contribution in [2.24, 2.45) is 0 Å². The van der Waals surface area contributed by atoms with Gasteiger partial charge < -0.3 is 4.90 Å². The van der Waals surface area contributed by atoms with Gasteiger partial charge in [0.2, 0.25) is 0 Å². The van der Waals surface area contributed by atoms with Gasteiger partial charge in [0.25, 0.3) is 0 Å². The van der Waals surface area contributed by atoms with Crippen LogP contribution in [-0.2, 0) is 0 Å². The lowest BCUT2D eigenvalue weighted by atomic mass is 10.1. The van der Waals surface area contributed by atoms with Crippen molar-refractivity contribution in [1.29, 1.82) is 0 Å². The fraction of sp³-hybridized carbons (Fsp3) is 0.643. The molecular formula is C14H22N2. The zero-order valence-corrected chi connectivity index (χ0v) is 10.6. The topological polar surface area (TPSA) is 16.1 Å². The first-order valence-corrected chi connectivity index (χ1v) is 6.47. The third-order valence-corrected chi connectivity index (χ3v) is 3.79. The van der Waals surface area contributed by atoms with Crippen molar-refractivity contribution in [2.75, 3.05) is 4.90 Å². The molecule has 1 aliphatic heterocycles. The number of pyridine rings is 1. The molecule has 0 N–H and O–H groups in total. The Morgan fingerprint density at radius 3 is 2.38 bits per heavy atom. The van der Waals surface area contributed by atoms with Gasteiger partial charge in [-0.15, -0.1) is 0 Å². The van der Waals surface area contributed by atoms with Gasteiger partial charge in [-0.3, -0.25) is 0 Å². The normalized spacial score (nSPS) is 25.1. The first kappa shape index (κ1) is 11.4. The maximum atomic E-state index is 4.58. The molecule has 0 spiro atoms. The van der Waals surface area contributed by atoms with E-state index in [-0.39, 0.29) is 0 Å². The maximum absolute atomic E-state index is 4.58. The number of hydrogen-bond acceptors (Lipinski definition) is 2. The van der Waals surface area contributed by atoms with Gasteiger partial charge in [-0.25, -0.2) is 4.98 Å². The molecule has 2 heteroatoms. The zero-order chi connectivity index (χ0) is 11.5. The van der Waals surface area contributed by atoms with Crippen molar-refractivity contribution in [3.63, 3.8) is 0 Å². The van der Waals surface area contributed by atoms with Crippen molar-refractivity contribution >= 4 is 5.82 Å². The van der Waals surface area contributed by atoms with Gasteiger partial charge in [-0.1, -0.05) is 19.9 Å². The number of anilines is 1. The van der Waals surface area contributed by atoms with Crippen LogP contribution in [0.15, 0.2) is 18.3 Å². The van der Waals surface area contributed by atoms with Gasteiger partial charge >= 0.3 is 0 Å². The minimum Gasteiger partial charge on any atom is -0.350 e. The monoisotopic (exact) mass is 218 g/mol. The van der Waals surface area contributed by atoms with Crippen LogP contribution in [-0.4, -0.2) is 17.1 Å². The van der Waals surface area contributed by atoms with Gasteiger partial charge in [0.1, 0.15) is 5.82 Å². The summed E-state index contributed by atoms with van der Waals surface area (Å²) in [7, 11) is 0. The highest BCUT2D eigenvalue weighted by Crippen LogP contribution is 2.33. The lowest BCUT2D eigenvalue weighted by molar-refractivity contribution is 0.591. The second kappa shape index (κ2) is 4.86. The van der Waals surface area contributed by atoms with Crippen LogP contribution < -0.4 is 4.90 Å². The van der Waals surface area contributed by atoms with E-state index in [2.05, 4.69) is 36.7 Å². The van der Waals surface area contributed by atoms with E-state index >= 15 is 0 Å². The number of hydrogen-bond donors (Lipinski definition) is 0. The van der Waals surface area contributed by atoms with Gasteiger partial charge in [0.15, 0.2) is 0 Å². The summed E-state index contributed by atoms with van der Waals surface area (Å²) in [5.41, 5.74) is 1.31.